The minimum atomic E-state index is 0. The Balaban J connectivity index is 0.000000980. The first-order valence-corrected chi connectivity index (χ1v) is 5.19. The van der Waals surface area contributed by atoms with Gasteiger partial charge in [-0.15, -0.1) is 12.4 Å². The summed E-state index contributed by atoms with van der Waals surface area (Å²) in [5.41, 5.74) is 1.23. The molecule has 1 aromatic rings. The molecule has 78 valence electrons. The van der Waals surface area contributed by atoms with Gasteiger partial charge in [0.1, 0.15) is 12.4 Å². The number of hydrogen-bond donors (Lipinski definition) is 1. The molecule has 2 rings (SSSR count). The predicted molar refractivity (Wildman–Crippen MR) is 63.2 cm³/mol. The van der Waals surface area contributed by atoms with Gasteiger partial charge in [-0.3, -0.25) is 0 Å². The van der Waals surface area contributed by atoms with E-state index < -0.39 is 0 Å². The number of rotatable bonds is 0. The highest BCUT2D eigenvalue weighted by atomic mass is 79.9. The Hall–Kier alpha value is -0.250. The molecular weight excluding hydrogens is 265 g/mol. The maximum Gasteiger partial charge on any atom is 0.124 e. The minimum absolute atomic E-state index is 0. The van der Waals surface area contributed by atoms with Crippen LogP contribution in [0.5, 0.6) is 5.75 Å². The largest absolute Gasteiger partial charge is 0.492 e. The number of nitrogens with one attached hydrogen (secondary N) is 1. The maximum atomic E-state index is 5.65. The van der Waals surface area contributed by atoms with Gasteiger partial charge in [0, 0.05) is 22.6 Å². The molecule has 0 spiro atoms. The molecule has 14 heavy (non-hydrogen) atoms. The van der Waals surface area contributed by atoms with Crippen molar-refractivity contribution < 1.29 is 4.74 Å². The van der Waals surface area contributed by atoms with E-state index in [-0.39, 0.29) is 12.4 Å². The second kappa shape index (κ2) is 5.01. The van der Waals surface area contributed by atoms with Gasteiger partial charge in [0.25, 0.3) is 0 Å². The molecular formula is C10H13BrClNO. The molecule has 2 nitrogen and oxygen atoms in total. The Morgan fingerprint density at radius 1 is 1.50 bits per heavy atom. The number of hydrogen-bond acceptors (Lipinski definition) is 2. The zero-order chi connectivity index (χ0) is 9.26. The number of halogens is 2. The lowest BCUT2D eigenvalue weighted by Gasteiger charge is -2.07. The van der Waals surface area contributed by atoms with Crippen LogP contribution < -0.4 is 10.1 Å². The first kappa shape index (κ1) is 11.8. The van der Waals surface area contributed by atoms with Crippen LogP contribution in [-0.4, -0.2) is 12.6 Å². The van der Waals surface area contributed by atoms with E-state index in [9.17, 15) is 0 Å². The molecule has 0 saturated carbocycles. The van der Waals surface area contributed by atoms with E-state index in [4.69, 9.17) is 4.74 Å². The van der Waals surface area contributed by atoms with Crippen LogP contribution in [0.1, 0.15) is 12.5 Å². The molecule has 0 fully saturated rings. The lowest BCUT2D eigenvalue weighted by molar-refractivity contribution is 0.287. The van der Waals surface area contributed by atoms with Crippen LogP contribution >= 0.6 is 28.3 Å². The molecule has 4 heteroatoms. The highest BCUT2D eigenvalue weighted by molar-refractivity contribution is 9.10. The SMILES string of the molecule is CC1COc2cc(Br)ccc2CN1.Cl. The van der Waals surface area contributed by atoms with Crippen molar-refractivity contribution in [1.29, 1.82) is 0 Å². The van der Waals surface area contributed by atoms with E-state index >= 15 is 0 Å². The summed E-state index contributed by atoms with van der Waals surface area (Å²) in [7, 11) is 0. The van der Waals surface area contributed by atoms with Crippen LogP contribution in [0.15, 0.2) is 22.7 Å². The van der Waals surface area contributed by atoms with E-state index in [0.29, 0.717) is 6.04 Å². The normalized spacial score (nSPS) is 20.0. The first-order valence-electron chi connectivity index (χ1n) is 4.40. The summed E-state index contributed by atoms with van der Waals surface area (Å²) < 4.78 is 6.72. The van der Waals surface area contributed by atoms with Crippen molar-refractivity contribution >= 4 is 28.3 Å². The molecule has 0 bridgehead atoms. The number of ether oxygens (including phenoxy) is 1. The van der Waals surface area contributed by atoms with Gasteiger partial charge in [-0.05, 0) is 19.1 Å². The van der Waals surface area contributed by atoms with Crippen molar-refractivity contribution in [3.63, 3.8) is 0 Å². The third-order valence-corrected chi connectivity index (χ3v) is 2.65. The van der Waals surface area contributed by atoms with Crippen molar-refractivity contribution in [2.24, 2.45) is 0 Å². The van der Waals surface area contributed by atoms with Crippen LogP contribution in [0.4, 0.5) is 0 Å². The van der Waals surface area contributed by atoms with Gasteiger partial charge in [-0.2, -0.15) is 0 Å². The molecule has 1 N–H and O–H groups in total. The van der Waals surface area contributed by atoms with Gasteiger partial charge in [0.15, 0.2) is 0 Å². The van der Waals surface area contributed by atoms with Crippen LogP contribution in [0.25, 0.3) is 0 Å². The van der Waals surface area contributed by atoms with Crippen molar-refractivity contribution in [3.8, 4) is 5.75 Å². The molecule has 1 aromatic carbocycles. The summed E-state index contributed by atoms with van der Waals surface area (Å²) in [6, 6.07) is 6.57. The van der Waals surface area contributed by atoms with Crippen LogP contribution in [0.3, 0.4) is 0 Å². The zero-order valence-electron chi connectivity index (χ0n) is 7.92. The Kier molecular flexibility index (Phi) is 4.23. The highest BCUT2D eigenvalue weighted by Crippen LogP contribution is 2.25. The fourth-order valence-electron chi connectivity index (χ4n) is 1.37. The molecule has 1 heterocycles. The molecule has 1 aliphatic rings. The lowest BCUT2D eigenvalue weighted by atomic mass is 10.2. The van der Waals surface area contributed by atoms with Gasteiger partial charge in [0.05, 0.1) is 0 Å². The predicted octanol–water partition coefficient (Wildman–Crippen LogP) is 2.74. The molecule has 1 unspecified atom stereocenters. The molecule has 0 aliphatic carbocycles. The van der Waals surface area contributed by atoms with Gasteiger partial charge in [-0.1, -0.05) is 22.0 Å². The number of benzene rings is 1. The smallest absolute Gasteiger partial charge is 0.124 e. The van der Waals surface area contributed by atoms with E-state index in [1.807, 2.05) is 12.1 Å². The zero-order valence-corrected chi connectivity index (χ0v) is 10.3. The monoisotopic (exact) mass is 277 g/mol. The third-order valence-electron chi connectivity index (χ3n) is 2.16. The highest BCUT2D eigenvalue weighted by Gasteiger charge is 2.12. The average Bonchev–Trinajstić information content (AvgIpc) is 2.29. The Morgan fingerprint density at radius 2 is 2.29 bits per heavy atom. The van der Waals surface area contributed by atoms with Crippen LogP contribution in [0.2, 0.25) is 0 Å². The van der Waals surface area contributed by atoms with Crippen LogP contribution in [0, 0.1) is 0 Å². The summed E-state index contributed by atoms with van der Waals surface area (Å²) in [6.45, 7) is 3.76. The molecule has 1 atom stereocenters. The Bertz CT molecular complexity index is 319. The lowest BCUT2D eigenvalue weighted by Crippen LogP contribution is -2.28. The van der Waals surface area contributed by atoms with Crippen molar-refractivity contribution in [2.75, 3.05) is 6.61 Å². The van der Waals surface area contributed by atoms with E-state index in [1.165, 1.54) is 5.56 Å². The summed E-state index contributed by atoms with van der Waals surface area (Å²) in [5.74, 6) is 0.992. The minimum Gasteiger partial charge on any atom is -0.492 e. The van der Waals surface area contributed by atoms with E-state index in [1.54, 1.807) is 0 Å². The van der Waals surface area contributed by atoms with Gasteiger partial charge < -0.3 is 10.1 Å². The van der Waals surface area contributed by atoms with Gasteiger partial charge in [-0.25, -0.2) is 0 Å². The summed E-state index contributed by atoms with van der Waals surface area (Å²) in [4.78, 5) is 0. The third kappa shape index (κ3) is 2.62. The molecule has 0 saturated heterocycles. The van der Waals surface area contributed by atoms with E-state index in [0.717, 1.165) is 23.4 Å². The van der Waals surface area contributed by atoms with Crippen molar-refractivity contribution in [1.82, 2.24) is 5.32 Å². The fraction of sp³-hybridized carbons (Fsp3) is 0.400. The topological polar surface area (TPSA) is 21.3 Å². The number of fused-ring (bicyclic) bond motifs is 1. The Morgan fingerprint density at radius 3 is 3.07 bits per heavy atom. The first-order chi connectivity index (χ1) is 6.25. The van der Waals surface area contributed by atoms with Crippen molar-refractivity contribution in [2.45, 2.75) is 19.5 Å². The second-order valence-electron chi connectivity index (χ2n) is 3.34. The summed E-state index contributed by atoms with van der Waals surface area (Å²) in [6.07, 6.45) is 0. The molecule has 1 aliphatic heterocycles. The molecule has 0 aromatic heterocycles. The second-order valence-corrected chi connectivity index (χ2v) is 4.26. The average molecular weight is 279 g/mol. The summed E-state index contributed by atoms with van der Waals surface area (Å²) >= 11 is 3.43. The molecule has 0 radical (unpaired) electrons. The maximum absolute atomic E-state index is 5.65. The van der Waals surface area contributed by atoms with Gasteiger partial charge in [0.2, 0.25) is 0 Å². The standard InChI is InChI=1S/C10H12BrNO.ClH/c1-7-6-13-10-4-9(11)3-2-8(10)5-12-7;/h2-4,7,12H,5-6H2,1H3;1H. The van der Waals surface area contributed by atoms with Crippen molar-refractivity contribution in [3.05, 3.63) is 28.2 Å². The molecule has 0 amide bonds. The summed E-state index contributed by atoms with van der Waals surface area (Å²) in [5, 5.41) is 3.38. The van der Waals surface area contributed by atoms with Gasteiger partial charge >= 0.3 is 0 Å². The van der Waals surface area contributed by atoms with Crippen LogP contribution in [-0.2, 0) is 6.54 Å². The Labute approximate surface area is 98.6 Å². The fourth-order valence-corrected chi connectivity index (χ4v) is 1.71. The van der Waals surface area contributed by atoms with E-state index in [2.05, 4.69) is 34.2 Å². The quantitative estimate of drug-likeness (QED) is 0.788.